The largest absolute Gasteiger partial charge is 0.534 e. The molecule has 0 heterocycles. The predicted octanol–water partition coefficient (Wildman–Crippen LogP) is 7.56. The van der Waals surface area contributed by atoms with Gasteiger partial charge in [0.15, 0.2) is 5.75 Å². The average molecular weight is 478 g/mol. The first-order valence-electron chi connectivity index (χ1n) is 10.4. The zero-order chi connectivity index (χ0) is 23.9. The second-order valence-electron chi connectivity index (χ2n) is 7.72. The molecule has 0 N–H and O–H groups in total. The number of halogens is 3. The van der Waals surface area contributed by atoms with E-state index in [9.17, 15) is 21.6 Å². The maximum atomic E-state index is 13.3. The fourth-order valence-corrected chi connectivity index (χ4v) is 4.61. The molecule has 0 radical (unpaired) electrons. The minimum absolute atomic E-state index is 0.279. The molecule has 7 heteroatoms. The molecule has 5 aromatic carbocycles. The van der Waals surface area contributed by atoms with Gasteiger partial charge in [-0.1, -0.05) is 97.1 Å². The van der Waals surface area contributed by atoms with Crippen LogP contribution in [-0.2, 0) is 10.1 Å². The van der Waals surface area contributed by atoms with Crippen LogP contribution in [0, 0.1) is 0 Å². The van der Waals surface area contributed by atoms with Crippen molar-refractivity contribution in [2.24, 2.45) is 0 Å². The number of hydrogen-bond acceptors (Lipinski definition) is 3. The fourth-order valence-electron chi connectivity index (χ4n) is 4.14. The normalized spacial score (nSPS) is 12.2. The van der Waals surface area contributed by atoms with E-state index in [2.05, 4.69) is 0 Å². The van der Waals surface area contributed by atoms with E-state index < -0.39 is 15.6 Å². The van der Waals surface area contributed by atoms with Gasteiger partial charge in [0, 0.05) is 11.1 Å². The molecule has 0 aromatic heterocycles. The van der Waals surface area contributed by atoms with E-state index in [1.54, 1.807) is 24.3 Å². The molecule has 5 rings (SSSR count). The maximum absolute atomic E-state index is 13.3. The van der Waals surface area contributed by atoms with E-state index in [1.807, 2.05) is 72.8 Å². The number of fused-ring (bicyclic) bond motifs is 2. The van der Waals surface area contributed by atoms with Gasteiger partial charge in [0.1, 0.15) is 0 Å². The van der Waals surface area contributed by atoms with E-state index in [-0.39, 0.29) is 11.3 Å². The molecule has 0 spiro atoms. The summed E-state index contributed by atoms with van der Waals surface area (Å²) in [5.74, 6) is -0.385. The SMILES string of the molecule is O=S(=O)(Oc1ccc2ccccc2c1-c1c(-c2ccccc2)ccc2ccccc12)C(F)(F)F. The minimum Gasteiger partial charge on any atom is -0.375 e. The van der Waals surface area contributed by atoms with Crippen molar-refractivity contribution in [1.82, 2.24) is 0 Å². The van der Waals surface area contributed by atoms with Crippen LogP contribution in [0.2, 0.25) is 0 Å². The zero-order valence-corrected chi connectivity index (χ0v) is 18.4. The van der Waals surface area contributed by atoms with Gasteiger partial charge in [0.25, 0.3) is 0 Å². The summed E-state index contributed by atoms with van der Waals surface area (Å²) in [5, 5.41) is 2.93. The van der Waals surface area contributed by atoms with Gasteiger partial charge in [-0.05, 0) is 38.7 Å². The van der Waals surface area contributed by atoms with Crippen LogP contribution in [0.4, 0.5) is 13.2 Å². The van der Waals surface area contributed by atoms with Crippen molar-refractivity contribution >= 4 is 31.7 Å². The Bertz CT molecular complexity index is 1630. The van der Waals surface area contributed by atoms with Crippen molar-refractivity contribution in [1.29, 1.82) is 0 Å². The standard InChI is InChI=1S/C27H17F3O3S/c28-27(29,30)34(31,32)33-24-17-15-20-11-5-7-13-22(20)26(24)25-21-12-6-4-10-19(21)14-16-23(25)18-8-2-1-3-9-18/h1-17H. The second-order valence-corrected chi connectivity index (χ2v) is 9.26. The van der Waals surface area contributed by atoms with Crippen molar-refractivity contribution in [3.8, 4) is 28.0 Å². The van der Waals surface area contributed by atoms with E-state index >= 15 is 0 Å². The third-order valence-electron chi connectivity index (χ3n) is 5.64. The van der Waals surface area contributed by atoms with E-state index in [1.165, 1.54) is 6.07 Å². The predicted molar refractivity (Wildman–Crippen MR) is 128 cm³/mol. The molecule has 0 bridgehead atoms. The Balaban J connectivity index is 1.93. The minimum atomic E-state index is -5.88. The summed E-state index contributed by atoms with van der Waals surface area (Å²) in [6.07, 6.45) is 0. The Morgan fingerprint density at radius 3 is 1.74 bits per heavy atom. The molecule has 0 saturated carbocycles. The Labute approximate surface area is 194 Å². The highest BCUT2D eigenvalue weighted by atomic mass is 32.2. The van der Waals surface area contributed by atoms with Crippen LogP contribution < -0.4 is 4.18 Å². The van der Waals surface area contributed by atoms with Gasteiger partial charge in [0.2, 0.25) is 0 Å². The lowest BCUT2D eigenvalue weighted by Crippen LogP contribution is -2.28. The van der Waals surface area contributed by atoms with Gasteiger partial charge in [-0.15, -0.1) is 0 Å². The smallest absolute Gasteiger partial charge is 0.375 e. The lowest BCUT2D eigenvalue weighted by molar-refractivity contribution is -0.0499. The van der Waals surface area contributed by atoms with Crippen LogP contribution in [0.1, 0.15) is 0 Å². The van der Waals surface area contributed by atoms with Gasteiger partial charge in [0.05, 0.1) is 0 Å². The first-order chi connectivity index (χ1) is 16.3. The molecular formula is C27H17F3O3S. The Hall–Kier alpha value is -3.84. The van der Waals surface area contributed by atoms with Crippen molar-refractivity contribution in [3.63, 3.8) is 0 Å². The fraction of sp³-hybridized carbons (Fsp3) is 0.0370. The van der Waals surface area contributed by atoms with Gasteiger partial charge < -0.3 is 4.18 Å². The summed E-state index contributed by atoms with van der Waals surface area (Å²) in [5.41, 5.74) is -3.11. The highest BCUT2D eigenvalue weighted by Crippen LogP contribution is 2.46. The Morgan fingerprint density at radius 2 is 1.12 bits per heavy atom. The molecule has 0 atom stereocenters. The quantitative estimate of drug-likeness (QED) is 0.198. The first kappa shape index (κ1) is 22.0. The molecule has 0 aliphatic heterocycles. The van der Waals surface area contributed by atoms with Gasteiger partial charge in [-0.25, -0.2) is 0 Å². The van der Waals surface area contributed by atoms with Crippen LogP contribution in [0.25, 0.3) is 43.8 Å². The molecule has 0 saturated heterocycles. The van der Waals surface area contributed by atoms with Crippen molar-refractivity contribution in [2.75, 3.05) is 0 Å². The van der Waals surface area contributed by atoms with Crippen LogP contribution in [0.15, 0.2) is 103 Å². The van der Waals surface area contributed by atoms with Crippen LogP contribution in [0.3, 0.4) is 0 Å². The second kappa shape index (κ2) is 8.18. The summed E-state index contributed by atoms with van der Waals surface area (Å²) < 4.78 is 68.5. The van der Waals surface area contributed by atoms with Crippen molar-refractivity contribution < 1.29 is 25.8 Å². The lowest BCUT2D eigenvalue weighted by atomic mass is 9.87. The highest BCUT2D eigenvalue weighted by molar-refractivity contribution is 7.88. The van der Waals surface area contributed by atoms with Crippen molar-refractivity contribution in [2.45, 2.75) is 5.51 Å². The number of alkyl halides is 3. The van der Waals surface area contributed by atoms with E-state index in [4.69, 9.17) is 4.18 Å². The molecule has 0 aliphatic carbocycles. The van der Waals surface area contributed by atoms with E-state index in [0.717, 1.165) is 27.3 Å². The highest BCUT2D eigenvalue weighted by Gasteiger charge is 2.49. The first-order valence-corrected chi connectivity index (χ1v) is 11.8. The molecule has 170 valence electrons. The molecular weight excluding hydrogens is 461 g/mol. The molecule has 0 amide bonds. The van der Waals surface area contributed by atoms with Crippen molar-refractivity contribution in [3.05, 3.63) is 103 Å². The average Bonchev–Trinajstić information content (AvgIpc) is 2.83. The number of rotatable bonds is 4. The lowest BCUT2D eigenvalue weighted by Gasteiger charge is -2.20. The zero-order valence-electron chi connectivity index (χ0n) is 17.6. The third-order valence-corrected chi connectivity index (χ3v) is 6.60. The van der Waals surface area contributed by atoms with Crippen LogP contribution >= 0.6 is 0 Å². The summed E-state index contributed by atoms with van der Waals surface area (Å²) in [6, 6.07) is 30.6. The Morgan fingerprint density at radius 1 is 0.588 bits per heavy atom. The van der Waals surface area contributed by atoms with Crippen LogP contribution in [-0.4, -0.2) is 13.9 Å². The number of hydrogen-bond donors (Lipinski definition) is 0. The van der Waals surface area contributed by atoms with Gasteiger partial charge in [-0.3, -0.25) is 0 Å². The monoisotopic (exact) mass is 478 g/mol. The Kier molecular flexibility index (Phi) is 5.29. The molecule has 0 fully saturated rings. The third kappa shape index (κ3) is 3.78. The molecule has 0 unspecified atom stereocenters. The number of benzene rings is 5. The topological polar surface area (TPSA) is 43.4 Å². The van der Waals surface area contributed by atoms with Gasteiger partial charge in [-0.2, -0.15) is 21.6 Å². The summed E-state index contributed by atoms with van der Waals surface area (Å²) in [7, 11) is -5.88. The van der Waals surface area contributed by atoms with Crippen LogP contribution in [0.5, 0.6) is 5.75 Å². The molecule has 3 nitrogen and oxygen atoms in total. The molecule has 0 aliphatic rings. The maximum Gasteiger partial charge on any atom is 0.534 e. The van der Waals surface area contributed by atoms with Gasteiger partial charge >= 0.3 is 15.6 Å². The van der Waals surface area contributed by atoms with E-state index in [0.29, 0.717) is 10.9 Å². The summed E-state index contributed by atoms with van der Waals surface area (Å²) >= 11 is 0. The molecule has 34 heavy (non-hydrogen) atoms. The summed E-state index contributed by atoms with van der Waals surface area (Å²) in [4.78, 5) is 0. The molecule has 5 aromatic rings. The summed E-state index contributed by atoms with van der Waals surface area (Å²) in [6.45, 7) is 0.